The van der Waals surface area contributed by atoms with E-state index in [1.54, 1.807) is 23.1 Å². The molecule has 3 rings (SSSR count). The van der Waals surface area contributed by atoms with Gasteiger partial charge in [0.05, 0.1) is 22.2 Å². The van der Waals surface area contributed by atoms with Gasteiger partial charge in [-0.1, -0.05) is 47.5 Å². The van der Waals surface area contributed by atoms with E-state index in [-0.39, 0.29) is 18.2 Å². The van der Waals surface area contributed by atoms with E-state index in [9.17, 15) is 9.59 Å². The Morgan fingerprint density at radius 2 is 1.92 bits per heavy atom. The molecule has 128 valence electrons. The number of amides is 2. The number of hydrogen-bond acceptors (Lipinski definition) is 3. The van der Waals surface area contributed by atoms with Gasteiger partial charge < -0.3 is 4.90 Å². The lowest BCUT2D eigenvalue weighted by Gasteiger charge is -2.16. The van der Waals surface area contributed by atoms with Crippen LogP contribution in [0.1, 0.15) is 12.0 Å². The molecule has 7 heteroatoms. The SMILES string of the molecule is O=C(NN=Cc1ccc(Cl)c(Cl)c1)C1CC(=O)N(c2ccccc2)C1. The van der Waals surface area contributed by atoms with Crippen molar-refractivity contribution in [2.75, 3.05) is 11.4 Å². The van der Waals surface area contributed by atoms with Crippen molar-refractivity contribution in [3.8, 4) is 0 Å². The number of nitrogens with one attached hydrogen (secondary N) is 1. The van der Waals surface area contributed by atoms with Crippen molar-refractivity contribution in [3.05, 3.63) is 64.1 Å². The van der Waals surface area contributed by atoms with Crippen molar-refractivity contribution in [1.82, 2.24) is 5.43 Å². The maximum atomic E-state index is 12.2. The van der Waals surface area contributed by atoms with Gasteiger partial charge in [-0.25, -0.2) is 5.43 Å². The number of benzene rings is 2. The van der Waals surface area contributed by atoms with Crippen LogP contribution in [-0.2, 0) is 9.59 Å². The van der Waals surface area contributed by atoms with E-state index < -0.39 is 5.92 Å². The van der Waals surface area contributed by atoms with Crippen LogP contribution in [0.15, 0.2) is 53.6 Å². The van der Waals surface area contributed by atoms with E-state index in [1.165, 1.54) is 6.21 Å². The summed E-state index contributed by atoms with van der Waals surface area (Å²) in [6, 6.07) is 14.3. The highest BCUT2D eigenvalue weighted by Gasteiger charge is 2.34. The zero-order valence-corrected chi connectivity index (χ0v) is 14.7. The summed E-state index contributed by atoms with van der Waals surface area (Å²) < 4.78 is 0. The van der Waals surface area contributed by atoms with Crippen molar-refractivity contribution < 1.29 is 9.59 Å². The minimum atomic E-state index is -0.432. The average Bonchev–Trinajstić information content (AvgIpc) is 3.01. The maximum absolute atomic E-state index is 12.2. The average molecular weight is 376 g/mol. The van der Waals surface area contributed by atoms with Crippen LogP contribution in [0.3, 0.4) is 0 Å². The standard InChI is InChI=1S/C18H15Cl2N3O2/c19-15-7-6-12(8-16(15)20)10-21-22-18(25)13-9-17(24)23(11-13)14-4-2-1-3-5-14/h1-8,10,13H,9,11H2,(H,22,25). The Hall–Kier alpha value is -2.37. The number of nitrogens with zero attached hydrogens (tertiary/aromatic N) is 2. The zero-order chi connectivity index (χ0) is 17.8. The Kier molecular flexibility index (Phi) is 5.36. The molecule has 0 radical (unpaired) electrons. The molecule has 2 aromatic carbocycles. The van der Waals surface area contributed by atoms with Crippen molar-refractivity contribution in [2.45, 2.75) is 6.42 Å². The Balaban J connectivity index is 1.59. The summed E-state index contributed by atoms with van der Waals surface area (Å²) >= 11 is 11.8. The molecule has 5 nitrogen and oxygen atoms in total. The molecule has 1 unspecified atom stereocenters. The Bertz CT molecular complexity index is 824. The minimum Gasteiger partial charge on any atom is -0.312 e. The van der Waals surface area contributed by atoms with E-state index in [4.69, 9.17) is 23.2 Å². The van der Waals surface area contributed by atoms with Gasteiger partial charge in [-0.2, -0.15) is 5.10 Å². The number of para-hydroxylation sites is 1. The highest BCUT2D eigenvalue weighted by Crippen LogP contribution is 2.25. The predicted octanol–water partition coefficient (Wildman–Crippen LogP) is 3.50. The monoisotopic (exact) mass is 375 g/mol. The number of hydrogen-bond donors (Lipinski definition) is 1. The first kappa shape index (κ1) is 17.5. The quantitative estimate of drug-likeness (QED) is 0.656. The van der Waals surface area contributed by atoms with Crippen LogP contribution in [0.4, 0.5) is 5.69 Å². The lowest BCUT2D eigenvalue weighted by Crippen LogP contribution is -2.30. The largest absolute Gasteiger partial charge is 0.312 e. The second-order valence-corrected chi connectivity index (χ2v) is 6.46. The third kappa shape index (κ3) is 4.18. The van der Waals surface area contributed by atoms with E-state index in [0.29, 0.717) is 22.2 Å². The van der Waals surface area contributed by atoms with Crippen LogP contribution in [0, 0.1) is 5.92 Å². The molecule has 0 spiro atoms. The van der Waals surface area contributed by atoms with Gasteiger partial charge in [0.15, 0.2) is 0 Å². The third-order valence-electron chi connectivity index (χ3n) is 3.90. The number of rotatable bonds is 4. The number of carbonyl (C=O) groups excluding carboxylic acids is 2. The van der Waals surface area contributed by atoms with Gasteiger partial charge in [0.1, 0.15) is 0 Å². The van der Waals surface area contributed by atoms with Crippen molar-refractivity contribution in [1.29, 1.82) is 0 Å². The molecule has 0 aromatic heterocycles. The van der Waals surface area contributed by atoms with Crippen molar-refractivity contribution in [3.63, 3.8) is 0 Å². The summed E-state index contributed by atoms with van der Waals surface area (Å²) in [5.41, 5.74) is 3.98. The fraction of sp³-hybridized carbons (Fsp3) is 0.167. The lowest BCUT2D eigenvalue weighted by molar-refractivity contribution is -0.126. The van der Waals surface area contributed by atoms with Crippen LogP contribution in [0.25, 0.3) is 0 Å². The topological polar surface area (TPSA) is 61.8 Å². The van der Waals surface area contributed by atoms with E-state index in [2.05, 4.69) is 10.5 Å². The first-order valence-corrected chi connectivity index (χ1v) is 8.43. The summed E-state index contributed by atoms with van der Waals surface area (Å²) in [6.45, 7) is 0.344. The summed E-state index contributed by atoms with van der Waals surface area (Å²) in [7, 11) is 0. The molecule has 2 aromatic rings. The fourth-order valence-electron chi connectivity index (χ4n) is 2.60. The highest BCUT2D eigenvalue weighted by molar-refractivity contribution is 6.42. The van der Waals surface area contributed by atoms with Gasteiger partial charge in [0.25, 0.3) is 0 Å². The first-order valence-electron chi connectivity index (χ1n) is 7.68. The minimum absolute atomic E-state index is 0.0696. The molecule has 1 N–H and O–H groups in total. The second-order valence-electron chi connectivity index (χ2n) is 5.65. The fourth-order valence-corrected chi connectivity index (χ4v) is 2.90. The molecule has 2 amide bonds. The van der Waals surface area contributed by atoms with E-state index >= 15 is 0 Å². The molecular formula is C18H15Cl2N3O2. The summed E-state index contributed by atoms with van der Waals surface area (Å²) in [4.78, 5) is 26.0. The predicted molar refractivity (Wildman–Crippen MR) is 99.1 cm³/mol. The molecule has 0 aliphatic carbocycles. The van der Waals surface area contributed by atoms with Gasteiger partial charge in [0, 0.05) is 18.7 Å². The van der Waals surface area contributed by atoms with Crippen LogP contribution in [0.2, 0.25) is 10.0 Å². The lowest BCUT2D eigenvalue weighted by atomic mass is 10.1. The Morgan fingerprint density at radius 1 is 1.16 bits per heavy atom. The van der Waals surface area contributed by atoms with Crippen LogP contribution < -0.4 is 10.3 Å². The van der Waals surface area contributed by atoms with Gasteiger partial charge in [-0.05, 0) is 29.8 Å². The molecule has 1 saturated heterocycles. The molecule has 0 saturated carbocycles. The van der Waals surface area contributed by atoms with Crippen molar-refractivity contribution in [2.24, 2.45) is 11.0 Å². The summed E-state index contributed by atoms with van der Waals surface area (Å²) in [6.07, 6.45) is 1.65. The normalized spacial score (nSPS) is 17.3. The van der Waals surface area contributed by atoms with E-state index in [0.717, 1.165) is 5.69 Å². The zero-order valence-electron chi connectivity index (χ0n) is 13.2. The smallest absolute Gasteiger partial charge is 0.245 e. The summed E-state index contributed by atoms with van der Waals surface area (Å²) in [5, 5.41) is 4.79. The molecule has 0 bridgehead atoms. The molecule has 1 aliphatic heterocycles. The molecule has 1 atom stereocenters. The van der Waals surface area contributed by atoms with Crippen LogP contribution in [-0.4, -0.2) is 24.6 Å². The number of anilines is 1. The second kappa shape index (κ2) is 7.68. The number of halogens is 2. The maximum Gasteiger partial charge on any atom is 0.245 e. The van der Waals surface area contributed by atoms with Gasteiger partial charge >= 0.3 is 0 Å². The Labute approximate surface area is 155 Å². The van der Waals surface area contributed by atoms with Gasteiger partial charge in [-0.3, -0.25) is 9.59 Å². The third-order valence-corrected chi connectivity index (χ3v) is 4.63. The van der Waals surface area contributed by atoms with E-state index in [1.807, 2.05) is 30.3 Å². The molecule has 1 heterocycles. The first-order chi connectivity index (χ1) is 12.0. The molecular weight excluding hydrogens is 361 g/mol. The number of carbonyl (C=O) groups is 2. The Morgan fingerprint density at radius 3 is 2.64 bits per heavy atom. The summed E-state index contributed by atoms with van der Waals surface area (Å²) in [5.74, 6) is -0.790. The van der Waals surface area contributed by atoms with Crippen LogP contribution in [0.5, 0.6) is 0 Å². The molecule has 1 fully saturated rings. The van der Waals surface area contributed by atoms with Crippen molar-refractivity contribution >= 4 is 46.9 Å². The van der Waals surface area contributed by atoms with Gasteiger partial charge in [-0.15, -0.1) is 0 Å². The number of hydrazone groups is 1. The van der Waals surface area contributed by atoms with Gasteiger partial charge in [0.2, 0.25) is 11.8 Å². The van der Waals surface area contributed by atoms with Crippen LogP contribution >= 0.6 is 23.2 Å². The highest BCUT2D eigenvalue weighted by atomic mass is 35.5. The molecule has 1 aliphatic rings. The molecule has 25 heavy (non-hydrogen) atoms.